The van der Waals surface area contributed by atoms with Crippen molar-refractivity contribution < 1.29 is 28.8 Å². The molecule has 2 aliphatic rings. The van der Waals surface area contributed by atoms with E-state index in [9.17, 15) is 5.11 Å². The number of rotatable bonds is 5. The van der Waals surface area contributed by atoms with Crippen LogP contribution in [-0.4, -0.2) is 38.1 Å². The smallest absolute Gasteiger partial charge is 0.231 e. The van der Waals surface area contributed by atoms with Gasteiger partial charge in [0, 0.05) is 29.2 Å². The highest BCUT2D eigenvalue weighted by Gasteiger charge is 2.39. The van der Waals surface area contributed by atoms with Crippen molar-refractivity contribution in [2.45, 2.75) is 32.9 Å². The first-order chi connectivity index (χ1) is 14.4. The van der Waals surface area contributed by atoms with E-state index < -0.39 is 0 Å². The summed E-state index contributed by atoms with van der Waals surface area (Å²) in [5, 5.41) is 14.7. The molecule has 0 aromatic heterocycles. The normalized spacial score (nSPS) is 21.3. The van der Waals surface area contributed by atoms with E-state index in [2.05, 4.69) is 17.5 Å². The maximum atomic E-state index is 10.4. The van der Waals surface area contributed by atoms with Crippen molar-refractivity contribution in [3.05, 3.63) is 35.4 Å². The summed E-state index contributed by atoms with van der Waals surface area (Å²) in [6.45, 7) is 6.10. The van der Waals surface area contributed by atoms with Gasteiger partial charge in [-0.25, -0.2) is 0 Å². The lowest BCUT2D eigenvalue weighted by Gasteiger charge is -2.38. The fourth-order valence-corrected chi connectivity index (χ4v) is 3.90. The number of hydrogen-bond acceptors (Lipinski definition) is 8. The summed E-state index contributed by atoms with van der Waals surface area (Å²) in [5.41, 5.74) is 5.90. The molecule has 0 saturated heterocycles. The summed E-state index contributed by atoms with van der Waals surface area (Å²) < 4.78 is 28.1. The molecule has 160 valence electrons. The van der Waals surface area contributed by atoms with Gasteiger partial charge in [0.25, 0.3) is 0 Å². The van der Waals surface area contributed by atoms with Crippen LogP contribution in [0.2, 0.25) is 0 Å². The third kappa shape index (κ3) is 3.42. The average molecular weight is 414 g/mol. The minimum atomic E-state index is -0.372. The molecule has 2 aliphatic heterocycles. The summed E-state index contributed by atoms with van der Waals surface area (Å²) >= 11 is 0. The Kier molecular flexibility index (Phi) is 5.24. The largest absolute Gasteiger partial charge is 0.502 e. The Morgan fingerprint density at radius 2 is 1.67 bits per heavy atom. The first-order valence-corrected chi connectivity index (χ1v) is 9.74. The number of nitrogens with zero attached hydrogens (tertiary/aromatic N) is 1. The molecule has 8 heteroatoms. The van der Waals surface area contributed by atoms with Crippen LogP contribution in [0.25, 0.3) is 0 Å². The second-order valence-electron chi connectivity index (χ2n) is 7.58. The number of hydrogen-bond donors (Lipinski definition) is 2. The van der Waals surface area contributed by atoms with E-state index >= 15 is 0 Å². The molecule has 0 fully saturated rings. The third-order valence-corrected chi connectivity index (χ3v) is 5.37. The number of phenolic OH excluding ortho intramolecular Hbond substituents is 1. The minimum absolute atomic E-state index is 0.0140. The Balaban J connectivity index is 1.86. The zero-order valence-electron chi connectivity index (χ0n) is 17.7. The van der Waals surface area contributed by atoms with Gasteiger partial charge in [-0.3, -0.25) is 5.43 Å². The van der Waals surface area contributed by atoms with Gasteiger partial charge in [-0.05, 0) is 37.6 Å². The first-order valence-electron chi connectivity index (χ1n) is 9.74. The monoisotopic (exact) mass is 414 g/mol. The molecule has 0 aliphatic carbocycles. The SMILES string of the molecule is COc1cc([C@@H]2c3cc4c(cc3O[C@H](NN=C(C)C)[C@@H]2C)OCO4)cc(OC)c1O. The van der Waals surface area contributed by atoms with E-state index in [1.807, 2.05) is 38.1 Å². The molecule has 4 rings (SSSR count). The summed E-state index contributed by atoms with van der Waals surface area (Å²) in [5.74, 6) is 2.56. The standard InChI is InChI=1S/C22H26N2O6/c1-11(2)23-24-22-12(3)20(13-6-18(26-4)21(25)19(7-13)27-5)14-8-16-17(29-10-28-16)9-15(14)30-22/h6-9,12,20,22,24-25H,10H2,1-5H3/t12-,20-,22+/m1/s1. The van der Waals surface area contributed by atoms with Crippen LogP contribution in [0.5, 0.6) is 34.5 Å². The van der Waals surface area contributed by atoms with Crippen LogP contribution in [0.4, 0.5) is 0 Å². The van der Waals surface area contributed by atoms with Crippen LogP contribution in [0.15, 0.2) is 29.4 Å². The lowest BCUT2D eigenvalue weighted by Crippen LogP contribution is -2.43. The van der Waals surface area contributed by atoms with Gasteiger partial charge in [-0.2, -0.15) is 5.10 Å². The fourth-order valence-electron chi connectivity index (χ4n) is 3.90. The molecule has 2 N–H and O–H groups in total. The van der Waals surface area contributed by atoms with E-state index in [4.69, 9.17) is 23.7 Å². The number of methoxy groups -OCH3 is 2. The lowest BCUT2D eigenvalue weighted by molar-refractivity contribution is 0.0803. The molecule has 0 saturated carbocycles. The van der Waals surface area contributed by atoms with Gasteiger partial charge in [0.1, 0.15) is 5.75 Å². The topological polar surface area (TPSA) is 90.8 Å². The molecule has 0 bridgehead atoms. The van der Waals surface area contributed by atoms with Crippen LogP contribution < -0.4 is 29.1 Å². The molecule has 2 aromatic carbocycles. The molecule has 0 spiro atoms. The second kappa shape index (κ2) is 7.85. The zero-order chi connectivity index (χ0) is 21.4. The third-order valence-electron chi connectivity index (χ3n) is 5.37. The highest BCUT2D eigenvalue weighted by atomic mass is 16.7. The van der Waals surface area contributed by atoms with Crippen LogP contribution in [0.3, 0.4) is 0 Å². The highest BCUT2D eigenvalue weighted by molar-refractivity contribution is 5.78. The molecule has 2 heterocycles. The van der Waals surface area contributed by atoms with E-state index in [1.165, 1.54) is 14.2 Å². The van der Waals surface area contributed by atoms with Gasteiger partial charge in [-0.15, -0.1) is 0 Å². The quantitative estimate of drug-likeness (QED) is 0.570. The highest BCUT2D eigenvalue weighted by Crippen LogP contribution is 2.50. The number of hydrazone groups is 1. The predicted octanol–water partition coefficient (Wildman–Crippen LogP) is 3.61. The number of aromatic hydroxyl groups is 1. The number of fused-ring (bicyclic) bond motifs is 2. The van der Waals surface area contributed by atoms with Gasteiger partial charge in [0.15, 0.2) is 29.2 Å². The first kappa shape index (κ1) is 20.0. The minimum Gasteiger partial charge on any atom is -0.502 e. The molecule has 2 aromatic rings. The van der Waals surface area contributed by atoms with E-state index in [1.54, 1.807) is 0 Å². The predicted molar refractivity (Wildman–Crippen MR) is 111 cm³/mol. The number of benzene rings is 2. The van der Waals surface area contributed by atoms with Crippen LogP contribution in [0, 0.1) is 5.92 Å². The molecule has 30 heavy (non-hydrogen) atoms. The molecule has 8 nitrogen and oxygen atoms in total. The van der Waals surface area contributed by atoms with E-state index in [-0.39, 0.29) is 30.6 Å². The fraction of sp³-hybridized carbons (Fsp3) is 0.409. The Hall–Kier alpha value is -3.29. The molecule has 0 unspecified atom stereocenters. The van der Waals surface area contributed by atoms with Crippen molar-refractivity contribution in [3.8, 4) is 34.5 Å². The van der Waals surface area contributed by atoms with Crippen LogP contribution in [0.1, 0.15) is 37.8 Å². The lowest BCUT2D eigenvalue weighted by atomic mass is 9.78. The van der Waals surface area contributed by atoms with Gasteiger partial charge in [-0.1, -0.05) is 6.92 Å². The summed E-state index contributed by atoms with van der Waals surface area (Å²) in [6, 6.07) is 7.45. The Morgan fingerprint density at radius 1 is 1.03 bits per heavy atom. The van der Waals surface area contributed by atoms with Gasteiger partial charge in [0.2, 0.25) is 12.5 Å². The van der Waals surface area contributed by atoms with Crippen LogP contribution in [-0.2, 0) is 0 Å². The zero-order valence-corrected chi connectivity index (χ0v) is 17.7. The van der Waals surface area contributed by atoms with E-state index in [0.717, 1.165) is 16.8 Å². The average Bonchev–Trinajstić information content (AvgIpc) is 3.18. The van der Waals surface area contributed by atoms with Crippen molar-refractivity contribution in [1.82, 2.24) is 5.43 Å². The molecule has 0 radical (unpaired) electrons. The summed E-state index contributed by atoms with van der Waals surface area (Å²) in [4.78, 5) is 0. The Morgan fingerprint density at radius 3 is 2.27 bits per heavy atom. The summed E-state index contributed by atoms with van der Waals surface area (Å²) in [6.07, 6.45) is -0.372. The van der Waals surface area contributed by atoms with Crippen molar-refractivity contribution in [2.24, 2.45) is 11.0 Å². The number of ether oxygens (including phenoxy) is 5. The molecule has 3 atom stereocenters. The van der Waals surface area contributed by atoms with Gasteiger partial charge < -0.3 is 28.8 Å². The van der Waals surface area contributed by atoms with Crippen molar-refractivity contribution in [2.75, 3.05) is 21.0 Å². The van der Waals surface area contributed by atoms with Gasteiger partial charge in [0.05, 0.1) is 14.2 Å². The number of phenols is 1. The maximum Gasteiger partial charge on any atom is 0.231 e. The summed E-state index contributed by atoms with van der Waals surface area (Å²) in [7, 11) is 3.03. The van der Waals surface area contributed by atoms with Crippen molar-refractivity contribution >= 4 is 5.71 Å². The second-order valence-corrected chi connectivity index (χ2v) is 7.58. The Labute approximate surface area is 175 Å². The number of nitrogens with one attached hydrogen (secondary N) is 1. The van der Waals surface area contributed by atoms with E-state index in [0.29, 0.717) is 28.7 Å². The van der Waals surface area contributed by atoms with Crippen molar-refractivity contribution in [1.29, 1.82) is 0 Å². The van der Waals surface area contributed by atoms with Crippen molar-refractivity contribution in [3.63, 3.8) is 0 Å². The maximum absolute atomic E-state index is 10.4. The molecular formula is C22H26N2O6. The van der Waals surface area contributed by atoms with Gasteiger partial charge >= 0.3 is 0 Å². The van der Waals surface area contributed by atoms with Crippen LogP contribution >= 0.6 is 0 Å². The molecule has 0 amide bonds. The Bertz CT molecular complexity index is 961. The molecular weight excluding hydrogens is 388 g/mol.